The predicted octanol–water partition coefficient (Wildman–Crippen LogP) is 16.1. The predicted molar refractivity (Wildman–Crippen MR) is 312 cm³/mol. The van der Waals surface area contributed by atoms with Crippen LogP contribution in [0.4, 0.5) is 0 Å². The number of allylic oxidation sites excluding steroid dienone is 12. The lowest BCUT2D eigenvalue weighted by Gasteiger charge is -2.40. The second kappa shape index (κ2) is 52.8. The fraction of sp³-hybridized carbons (Fsp3) is 0.754. The summed E-state index contributed by atoms with van der Waals surface area (Å²) in [6, 6.07) is 0. The van der Waals surface area contributed by atoms with Gasteiger partial charge in [-0.1, -0.05) is 216 Å². The first kappa shape index (κ1) is 71.2. The Kier molecular flexibility index (Phi) is 48.8. The summed E-state index contributed by atoms with van der Waals surface area (Å²) in [5.41, 5.74) is 0. The van der Waals surface area contributed by atoms with Crippen molar-refractivity contribution in [3.05, 3.63) is 72.9 Å². The van der Waals surface area contributed by atoms with Gasteiger partial charge in [0.05, 0.1) is 6.61 Å². The molecule has 12 heteroatoms. The van der Waals surface area contributed by atoms with E-state index in [9.17, 15) is 34.5 Å². The fourth-order valence-electron chi connectivity index (χ4n) is 8.98. The van der Waals surface area contributed by atoms with E-state index in [0.717, 1.165) is 135 Å². The number of carbonyl (C=O) groups is 4. The highest BCUT2D eigenvalue weighted by atomic mass is 16.7. The number of hydrogen-bond acceptors (Lipinski definition) is 11. The van der Waals surface area contributed by atoms with Gasteiger partial charge < -0.3 is 39.0 Å². The Morgan fingerprint density at radius 3 is 1.30 bits per heavy atom. The third kappa shape index (κ3) is 42.7. The first-order chi connectivity index (χ1) is 37.6. The van der Waals surface area contributed by atoms with E-state index in [1.807, 2.05) is 0 Å². The summed E-state index contributed by atoms with van der Waals surface area (Å²) in [4.78, 5) is 51.2. The SMILES string of the molecule is CC/C=C\C/C=C\C/C=C\CCCCCCCCCC(=O)OC(COC(=O)CCCCCCCCCCC/C=C\C/C=C\CCCCC)COC1OC(C(=O)O)C(O)C(O)C1OC(=O)CCCCCCC/C=C\CCCC. The highest BCUT2D eigenvalue weighted by Crippen LogP contribution is 2.26. The number of carboxylic acid groups (broad SMARTS) is 1. The maximum atomic E-state index is 13.2. The van der Waals surface area contributed by atoms with Crippen LogP contribution >= 0.6 is 0 Å². The first-order valence-corrected chi connectivity index (χ1v) is 30.9. The molecule has 0 spiro atoms. The molecule has 6 unspecified atom stereocenters. The van der Waals surface area contributed by atoms with Crippen molar-refractivity contribution in [3.8, 4) is 0 Å². The Morgan fingerprint density at radius 2 is 0.831 bits per heavy atom. The van der Waals surface area contributed by atoms with Crippen LogP contribution < -0.4 is 0 Å². The normalized spacial score (nSPS) is 18.5. The Labute approximate surface area is 468 Å². The molecule has 0 aromatic rings. The van der Waals surface area contributed by atoms with E-state index in [0.29, 0.717) is 19.3 Å². The van der Waals surface area contributed by atoms with Crippen LogP contribution in [0.3, 0.4) is 0 Å². The molecule has 0 radical (unpaired) electrons. The number of aliphatic carboxylic acids is 1. The van der Waals surface area contributed by atoms with Crippen molar-refractivity contribution in [2.24, 2.45) is 0 Å². The molecule has 1 heterocycles. The van der Waals surface area contributed by atoms with E-state index in [4.69, 9.17) is 23.7 Å². The molecule has 0 amide bonds. The molecule has 3 N–H and O–H groups in total. The van der Waals surface area contributed by atoms with Crippen LogP contribution in [0.25, 0.3) is 0 Å². The van der Waals surface area contributed by atoms with Gasteiger partial charge in [0.15, 0.2) is 24.6 Å². The highest BCUT2D eigenvalue weighted by Gasteiger charge is 2.50. The number of aliphatic hydroxyl groups is 2. The number of esters is 3. The van der Waals surface area contributed by atoms with Gasteiger partial charge in [0.25, 0.3) is 0 Å². The zero-order valence-electron chi connectivity index (χ0n) is 48.7. The molecule has 1 aliphatic heterocycles. The lowest BCUT2D eigenvalue weighted by atomic mass is 9.98. The second-order valence-electron chi connectivity index (χ2n) is 20.9. The Balaban J connectivity index is 2.67. The number of hydrogen-bond donors (Lipinski definition) is 3. The third-order valence-corrected chi connectivity index (χ3v) is 13.7. The minimum atomic E-state index is -1.91. The molecule has 1 saturated heterocycles. The van der Waals surface area contributed by atoms with Crippen molar-refractivity contribution in [2.45, 2.75) is 302 Å². The van der Waals surface area contributed by atoms with E-state index < -0.39 is 67.3 Å². The quantitative estimate of drug-likeness (QED) is 0.0228. The van der Waals surface area contributed by atoms with Crippen molar-refractivity contribution < 1.29 is 58.2 Å². The average molecular weight is 1080 g/mol. The molecule has 1 aliphatic rings. The van der Waals surface area contributed by atoms with E-state index in [-0.39, 0.29) is 25.9 Å². The summed E-state index contributed by atoms with van der Waals surface area (Å²) in [5.74, 6) is -3.14. The van der Waals surface area contributed by atoms with Crippen molar-refractivity contribution in [1.29, 1.82) is 0 Å². The molecule has 12 nitrogen and oxygen atoms in total. The van der Waals surface area contributed by atoms with E-state index in [1.165, 1.54) is 70.6 Å². The van der Waals surface area contributed by atoms with E-state index >= 15 is 0 Å². The zero-order valence-corrected chi connectivity index (χ0v) is 48.7. The summed E-state index contributed by atoms with van der Waals surface area (Å²) in [5, 5.41) is 31.5. The Hall–Kier alpha value is -3.84. The monoisotopic (exact) mass is 1080 g/mol. The van der Waals surface area contributed by atoms with Crippen LogP contribution in [0.1, 0.15) is 265 Å². The first-order valence-electron chi connectivity index (χ1n) is 30.9. The Morgan fingerprint density at radius 1 is 0.442 bits per heavy atom. The summed E-state index contributed by atoms with van der Waals surface area (Å²) < 4.78 is 28.4. The Bertz CT molecular complexity index is 1620. The highest BCUT2D eigenvalue weighted by molar-refractivity contribution is 5.74. The number of aliphatic hydroxyl groups excluding tert-OH is 2. The largest absolute Gasteiger partial charge is 0.479 e. The molecule has 0 bridgehead atoms. The van der Waals surface area contributed by atoms with Crippen LogP contribution in [0.5, 0.6) is 0 Å². The van der Waals surface area contributed by atoms with Crippen LogP contribution in [-0.2, 0) is 42.9 Å². The molecule has 6 atom stereocenters. The van der Waals surface area contributed by atoms with Gasteiger partial charge in [-0.05, 0) is 103 Å². The molecular weight excluding hydrogens is 973 g/mol. The lowest BCUT2D eigenvalue weighted by Crippen LogP contribution is -2.61. The van der Waals surface area contributed by atoms with Gasteiger partial charge in [-0.15, -0.1) is 0 Å². The summed E-state index contributed by atoms with van der Waals surface area (Å²) in [6.45, 7) is 5.81. The van der Waals surface area contributed by atoms with E-state index in [1.54, 1.807) is 0 Å². The maximum Gasteiger partial charge on any atom is 0.335 e. The number of unbranched alkanes of at least 4 members (excludes halogenated alkanes) is 26. The van der Waals surface area contributed by atoms with Gasteiger partial charge in [-0.2, -0.15) is 0 Å². The minimum absolute atomic E-state index is 0.0471. The van der Waals surface area contributed by atoms with Crippen LogP contribution in [0, 0.1) is 0 Å². The number of rotatable bonds is 52. The zero-order chi connectivity index (χ0) is 56.1. The topological polar surface area (TPSA) is 175 Å². The van der Waals surface area contributed by atoms with Crippen LogP contribution in [0.2, 0.25) is 0 Å². The van der Waals surface area contributed by atoms with Crippen LogP contribution in [0.15, 0.2) is 72.9 Å². The van der Waals surface area contributed by atoms with Gasteiger partial charge in [0.1, 0.15) is 18.8 Å². The molecule has 1 rings (SSSR count). The average Bonchev–Trinajstić information content (AvgIpc) is 3.42. The van der Waals surface area contributed by atoms with Gasteiger partial charge >= 0.3 is 23.9 Å². The second-order valence-corrected chi connectivity index (χ2v) is 20.9. The van der Waals surface area contributed by atoms with Crippen molar-refractivity contribution in [2.75, 3.05) is 13.2 Å². The number of ether oxygens (including phenoxy) is 5. The molecule has 0 aromatic heterocycles. The summed E-state index contributed by atoms with van der Waals surface area (Å²) in [7, 11) is 0. The molecule has 0 saturated carbocycles. The van der Waals surface area contributed by atoms with E-state index in [2.05, 4.69) is 93.7 Å². The number of carbonyl (C=O) groups excluding carboxylic acids is 3. The van der Waals surface area contributed by atoms with Crippen molar-refractivity contribution in [1.82, 2.24) is 0 Å². The van der Waals surface area contributed by atoms with Gasteiger partial charge in [0, 0.05) is 19.3 Å². The fourth-order valence-corrected chi connectivity index (χ4v) is 8.98. The lowest BCUT2D eigenvalue weighted by molar-refractivity contribution is -0.301. The standard InChI is InChI=1S/C65H110O12/c1-4-7-10-13-16-19-22-24-26-28-29-31-32-34-37-39-42-45-48-51-57(66)73-54-56(75-58(67)52-49-46-43-41-38-35-33-30-27-25-23-20-17-14-11-8-5-2)55-74-65-63(61(70)60(69)62(77-65)64(71)72)76-59(68)53-50-47-44-40-36-21-18-15-12-9-6-3/h8,11,15-20,24-27,56,60-63,65,69-70H,4-7,9-10,12-14,21-23,28-55H2,1-3H3,(H,71,72)/b11-8-,18-15-,19-16-,20-17-,26-24-,27-25-. The molecule has 0 aromatic carbocycles. The smallest absolute Gasteiger partial charge is 0.335 e. The summed E-state index contributed by atoms with van der Waals surface area (Å²) >= 11 is 0. The summed E-state index contributed by atoms with van der Waals surface area (Å²) in [6.07, 6.45) is 54.4. The molecule has 77 heavy (non-hydrogen) atoms. The van der Waals surface area contributed by atoms with Crippen molar-refractivity contribution in [3.63, 3.8) is 0 Å². The number of carboxylic acids is 1. The van der Waals surface area contributed by atoms with Crippen molar-refractivity contribution >= 4 is 23.9 Å². The van der Waals surface area contributed by atoms with Crippen LogP contribution in [-0.4, -0.2) is 89.2 Å². The van der Waals surface area contributed by atoms with Gasteiger partial charge in [-0.25, -0.2) is 4.79 Å². The van der Waals surface area contributed by atoms with Gasteiger partial charge in [0.2, 0.25) is 0 Å². The third-order valence-electron chi connectivity index (χ3n) is 13.7. The minimum Gasteiger partial charge on any atom is -0.479 e. The molecular formula is C65H110O12. The van der Waals surface area contributed by atoms with Gasteiger partial charge in [-0.3, -0.25) is 14.4 Å². The molecule has 0 aliphatic carbocycles. The molecule has 442 valence electrons. The maximum absolute atomic E-state index is 13.2. The molecule has 1 fully saturated rings.